The molecule has 2 unspecified atom stereocenters. The molecular formula is C8H10N2O2S3. The summed E-state index contributed by atoms with van der Waals surface area (Å²) >= 11 is 4.65. The Morgan fingerprint density at radius 2 is 2.20 bits per heavy atom. The molecule has 0 saturated heterocycles. The van der Waals surface area contributed by atoms with Crippen molar-refractivity contribution >= 4 is 40.8 Å². The number of carboxylic acid groups (broad SMARTS) is 1. The van der Waals surface area contributed by atoms with Crippen LogP contribution in [-0.2, 0) is 4.79 Å². The number of carboxylic acids is 1. The number of carbonyl (C=O) groups is 1. The lowest BCUT2D eigenvalue weighted by atomic mass is 9.85. The van der Waals surface area contributed by atoms with E-state index in [1.807, 2.05) is 6.26 Å². The van der Waals surface area contributed by atoms with E-state index in [0.29, 0.717) is 0 Å². The van der Waals surface area contributed by atoms with Gasteiger partial charge in [0, 0.05) is 5.25 Å². The molecule has 0 aromatic carbocycles. The molecule has 4 nitrogen and oxygen atoms in total. The van der Waals surface area contributed by atoms with Gasteiger partial charge in [0.25, 0.3) is 0 Å². The maximum absolute atomic E-state index is 10.8. The second-order valence-corrected chi connectivity index (χ2v) is 6.73. The van der Waals surface area contributed by atoms with Crippen molar-refractivity contribution in [3.63, 3.8) is 0 Å². The first-order valence-corrected chi connectivity index (χ1v) is 7.39. The van der Waals surface area contributed by atoms with Crippen LogP contribution in [0, 0.1) is 5.92 Å². The molecule has 0 radical (unpaired) electrons. The molecular weight excluding hydrogens is 252 g/mol. The van der Waals surface area contributed by atoms with E-state index in [4.69, 9.17) is 5.11 Å². The van der Waals surface area contributed by atoms with E-state index in [-0.39, 0.29) is 11.2 Å². The van der Waals surface area contributed by atoms with Crippen molar-refractivity contribution in [2.45, 2.75) is 26.8 Å². The highest BCUT2D eigenvalue weighted by Crippen LogP contribution is 2.42. The topological polar surface area (TPSA) is 63.1 Å². The first-order valence-electron chi connectivity index (χ1n) is 4.47. The standard InChI is InChI=1S/C8H10N2O2S3/c1-13-7-9-10-8(15-7)14-5-3-2-4(5)6(11)12/h4-5H,2-3H2,1H3,(H,11,12). The lowest BCUT2D eigenvalue weighted by Gasteiger charge is -2.31. The van der Waals surface area contributed by atoms with Crippen molar-refractivity contribution < 1.29 is 9.90 Å². The largest absolute Gasteiger partial charge is 0.481 e. The van der Waals surface area contributed by atoms with Gasteiger partial charge in [-0.1, -0.05) is 34.9 Å². The SMILES string of the molecule is CSc1nnc(SC2CCC2C(=O)O)s1. The van der Waals surface area contributed by atoms with Crippen LogP contribution in [0.2, 0.25) is 0 Å². The molecule has 7 heteroatoms. The fraction of sp³-hybridized carbons (Fsp3) is 0.625. The number of aliphatic carboxylic acids is 1. The third-order valence-corrected chi connectivity index (χ3v) is 5.73. The molecule has 2 atom stereocenters. The fourth-order valence-electron chi connectivity index (χ4n) is 1.35. The molecule has 2 rings (SSSR count). The third-order valence-electron chi connectivity index (χ3n) is 2.34. The molecule has 0 aliphatic heterocycles. The molecule has 15 heavy (non-hydrogen) atoms. The van der Waals surface area contributed by atoms with Crippen LogP contribution in [0.25, 0.3) is 0 Å². The van der Waals surface area contributed by atoms with Crippen LogP contribution in [-0.4, -0.2) is 32.8 Å². The zero-order valence-corrected chi connectivity index (χ0v) is 10.5. The lowest BCUT2D eigenvalue weighted by Crippen LogP contribution is -2.35. The summed E-state index contributed by atoms with van der Waals surface area (Å²) in [4.78, 5) is 10.8. The Hall–Kier alpha value is -0.270. The second kappa shape index (κ2) is 4.71. The van der Waals surface area contributed by atoms with E-state index in [2.05, 4.69) is 10.2 Å². The van der Waals surface area contributed by atoms with Crippen molar-refractivity contribution in [1.29, 1.82) is 0 Å². The Bertz CT molecular complexity index is 369. The molecule has 0 spiro atoms. The van der Waals surface area contributed by atoms with E-state index in [9.17, 15) is 4.79 Å². The average Bonchev–Trinajstić information content (AvgIpc) is 2.59. The zero-order valence-electron chi connectivity index (χ0n) is 8.04. The van der Waals surface area contributed by atoms with Gasteiger partial charge in [0.15, 0.2) is 8.68 Å². The molecule has 1 aromatic rings. The minimum absolute atomic E-state index is 0.185. The van der Waals surface area contributed by atoms with Crippen LogP contribution in [0.1, 0.15) is 12.8 Å². The number of nitrogens with zero attached hydrogens (tertiary/aromatic N) is 2. The van der Waals surface area contributed by atoms with E-state index >= 15 is 0 Å². The predicted octanol–water partition coefficient (Wildman–Crippen LogP) is 2.22. The molecule has 1 heterocycles. The van der Waals surface area contributed by atoms with Gasteiger partial charge in [-0.25, -0.2) is 0 Å². The van der Waals surface area contributed by atoms with Crippen molar-refractivity contribution in [1.82, 2.24) is 10.2 Å². The highest BCUT2D eigenvalue weighted by molar-refractivity contribution is 8.03. The van der Waals surface area contributed by atoms with Crippen LogP contribution in [0.15, 0.2) is 8.68 Å². The van der Waals surface area contributed by atoms with E-state index < -0.39 is 5.97 Å². The van der Waals surface area contributed by atoms with Gasteiger partial charge in [-0.3, -0.25) is 4.79 Å². The van der Waals surface area contributed by atoms with Gasteiger partial charge in [-0.2, -0.15) is 0 Å². The smallest absolute Gasteiger partial charge is 0.307 e. The van der Waals surface area contributed by atoms with Crippen LogP contribution in [0.5, 0.6) is 0 Å². The maximum atomic E-state index is 10.8. The highest BCUT2D eigenvalue weighted by Gasteiger charge is 2.37. The molecule has 1 aliphatic carbocycles. The minimum atomic E-state index is -0.687. The Morgan fingerprint density at radius 3 is 2.67 bits per heavy atom. The van der Waals surface area contributed by atoms with Gasteiger partial charge in [-0.15, -0.1) is 10.2 Å². The fourth-order valence-corrected chi connectivity index (χ4v) is 4.33. The average molecular weight is 262 g/mol. The summed E-state index contributed by atoms with van der Waals surface area (Å²) < 4.78 is 1.82. The van der Waals surface area contributed by atoms with Gasteiger partial charge in [0.05, 0.1) is 5.92 Å². The van der Waals surface area contributed by atoms with Crippen LogP contribution >= 0.6 is 34.9 Å². The Labute approximate surface area is 99.9 Å². The van der Waals surface area contributed by atoms with E-state index in [1.165, 1.54) is 11.3 Å². The van der Waals surface area contributed by atoms with Gasteiger partial charge in [0.1, 0.15) is 0 Å². The van der Waals surface area contributed by atoms with Gasteiger partial charge < -0.3 is 5.11 Å². The Morgan fingerprint density at radius 1 is 1.47 bits per heavy atom. The van der Waals surface area contributed by atoms with Crippen molar-refractivity contribution in [2.75, 3.05) is 6.26 Å². The zero-order chi connectivity index (χ0) is 10.8. The maximum Gasteiger partial charge on any atom is 0.307 e. The van der Waals surface area contributed by atoms with Crippen LogP contribution in [0.4, 0.5) is 0 Å². The number of hydrogen-bond donors (Lipinski definition) is 1. The monoisotopic (exact) mass is 262 g/mol. The van der Waals surface area contributed by atoms with Gasteiger partial charge in [-0.05, 0) is 19.1 Å². The summed E-state index contributed by atoms with van der Waals surface area (Å²) in [5.74, 6) is -0.884. The van der Waals surface area contributed by atoms with Crippen molar-refractivity contribution in [3.8, 4) is 0 Å². The molecule has 0 amide bonds. The van der Waals surface area contributed by atoms with E-state index in [1.54, 1.807) is 23.5 Å². The Kier molecular flexibility index (Phi) is 3.53. The Balaban J connectivity index is 1.94. The van der Waals surface area contributed by atoms with Gasteiger partial charge >= 0.3 is 5.97 Å². The molecule has 1 aromatic heterocycles. The molecule has 1 N–H and O–H groups in total. The first kappa shape index (κ1) is 11.2. The van der Waals surface area contributed by atoms with E-state index in [0.717, 1.165) is 21.5 Å². The molecule has 82 valence electrons. The highest BCUT2D eigenvalue weighted by atomic mass is 32.2. The molecule has 1 saturated carbocycles. The minimum Gasteiger partial charge on any atom is -0.481 e. The third kappa shape index (κ3) is 2.46. The summed E-state index contributed by atoms with van der Waals surface area (Å²) in [5, 5.41) is 17.1. The van der Waals surface area contributed by atoms with Crippen molar-refractivity contribution in [2.24, 2.45) is 5.92 Å². The summed E-state index contributed by atoms with van der Waals surface area (Å²) in [6, 6.07) is 0. The molecule has 1 aliphatic rings. The molecule has 0 bridgehead atoms. The number of rotatable bonds is 4. The summed E-state index contributed by atoms with van der Waals surface area (Å²) in [7, 11) is 0. The van der Waals surface area contributed by atoms with Crippen LogP contribution in [0.3, 0.4) is 0 Å². The summed E-state index contributed by atoms with van der Waals surface area (Å²) in [5.41, 5.74) is 0. The molecule has 1 fully saturated rings. The number of hydrogen-bond acceptors (Lipinski definition) is 6. The summed E-state index contributed by atoms with van der Waals surface area (Å²) in [6.45, 7) is 0. The second-order valence-electron chi connectivity index (χ2n) is 3.22. The summed E-state index contributed by atoms with van der Waals surface area (Å²) in [6.07, 6.45) is 3.72. The number of thioether (sulfide) groups is 2. The normalized spacial score (nSPS) is 24.9. The number of aromatic nitrogens is 2. The lowest BCUT2D eigenvalue weighted by molar-refractivity contribution is -0.144. The quantitative estimate of drug-likeness (QED) is 0.839. The van der Waals surface area contributed by atoms with Crippen molar-refractivity contribution in [3.05, 3.63) is 0 Å². The van der Waals surface area contributed by atoms with Gasteiger partial charge in [0.2, 0.25) is 0 Å². The first-order chi connectivity index (χ1) is 7.20. The van der Waals surface area contributed by atoms with Crippen LogP contribution < -0.4 is 0 Å². The predicted molar refractivity (Wildman–Crippen MR) is 61.7 cm³/mol.